The second kappa shape index (κ2) is 1.77. The van der Waals surface area contributed by atoms with E-state index < -0.39 is 0 Å². The number of hydrogen-bond acceptors (Lipinski definition) is 1. The van der Waals surface area contributed by atoms with Gasteiger partial charge in [0.2, 0.25) is 5.91 Å². The van der Waals surface area contributed by atoms with E-state index in [9.17, 15) is 4.79 Å². The molecule has 1 amide bonds. The van der Waals surface area contributed by atoms with E-state index in [-0.39, 0.29) is 11.8 Å². The smallest absolute Gasteiger partial charge is 0.220 e. The Labute approximate surface area is 49.1 Å². The van der Waals surface area contributed by atoms with Gasteiger partial charge in [0.1, 0.15) is 0 Å². The monoisotopic (exact) mass is 113 g/mol. The van der Waals surface area contributed by atoms with Gasteiger partial charge >= 0.3 is 0 Å². The minimum Gasteiger partial charge on any atom is -0.369 e. The average molecular weight is 113 g/mol. The average Bonchev–Trinajstić information content (AvgIpc) is 2.43. The molecule has 0 aromatic heterocycles. The Morgan fingerprint density at radius 3 is 2.38 bits per heavy atom. The quantitative estimate of drug-likeness (QED) is 0.557. The van der Waals surface area contributed by atoms with Crippen molar-refractivity contribution in [2.24, 2.45) is 17.6 Å². The molecule has 2 N–H and O–H groups in total. The van der Waals surface area contributed by atoms with Crippen molar-refractivity contribution in [1.82, 2.24) is 0 Å². The van der Waals surface area contributed by atoms with Crippen molar-refractivity contribution in [3.8, 4) is 0 Å². The second-order valence-corrected chi connectivity index (χ2v) is 2.53. The van der Waals surface area contributed by atoms with Crippen LogP contribution in [0, 0.1) is 11.8 Å². The summed E-state index contributed by atoms with van der Waals surface area (Å²) in [7, 11) is 0. The van der Waals surface area contributed by atoms with E-state index >= 15 is 0 Å². The fourth-order valence-corrected chi connectivity index (χ4v) is 0.829. The summed E-state index contributed by atoms with van der Waals surface area (Å²) in [5.41, 5.74) is 5.04. The second-order valence-electron chi connectivity index (χ2n) is 2.53. The van der Waals surface area contributed by atoms with Gasteiger partial charge in [-0.3, -0.25) is 4.79 Å². The van der Waals surface area contributed by atoms with Crippen molar-refractivity contribution in [2.45, 2.75) is 19.8 Å². The molecule has 0 heterocycles. The van der Waals surface area contributed by atoms with E-state index in [4.69, 9.17) is 5.73 Å². The zero-order valence-electron chi connectivity index (χ0n) is 5.05. The number of hydrogen-bond donors (Lipinski definition) is 1. The highest BCUT2D eigenvalue weighted by Crippen LogP contribution is 2.36. The van der Waals surface area contributed by atoms with E-state index in [2.05, 4.69) is 0 Å². The molecule has 0 bridgehead atoms. The lowest BCUT2D eigenvalue weighted by molar-refractivity contribution is -0.121. The molecule has 2 heteroatoms. The molecular formula is C6H11NO. The minimum absolute atomic E-state index is 0.120. The summed E-state index contributed by atoms with van der Waals surface area (Å²) < 4.78 is 0. The highest BCUT2D eigenvalue weighted by atomic mass is 16.1. The summed E-state index contributed by atoms with van der Waals surface area (Å²) in [6.07, 6.45) is 2.40. The molecule has 0 aromatic rings. The fourth-order valence-electron chi connectivity index (χ4n) is 0.829. The molecule has 1 rings (SSSR count). The topological polar surface area (TPSA) is 43.1 Å². The van der Waals surface area contributed by atoms with Gasteiger partial charge in [-0.1, -0.05) is 6.92 Å². The predicted molar refractivity (Wildman–Crippen MR) is 31.1 cm³/mol. The van der Waals surface area contributed by atoms with Gasteiger partial charge in [0.15, 0.2) is 0 Å². The van der Waals surface area contributed by atoms with Gasteiger partial charge in [-0.2, -0.15) is 0 Å². The van der Waals surface area contributed by atoms with Gasteiger partial charge in [-0.05, 0) is 18.8 Å². The molecule has 0 saturated heterocycles. The molecule has 1 saturated carbocycles. The molecule has 1 atom stereocenters. The third kappa shape index (κ3) is 0.997. The molecular weight excluding hydrogens is 102 g/mol. The van der Waals surface area contributed by atoms with E-state index in [1.165, 1.54) is 12.8 Å². The van der Waals surface area contributed by atoms with Crippen LogP contribution in [0.15, 0.2) is 0 Å². The number of carbonyl (C=O) groups is 1. The molecule has 1 fully saturated rings. The third-order valence-electron chi connectivity index (χ3n) is 1.78. The Kier molecular flexibility index (Phi) is 1.24. The molecule has 0 radical (unpaired) electrons. The van der Waals surface area contributed by atoms with Gasteiger partial charge < -0.3 is 5.73 Å². The first-order chi connectivity index (χ1) is 3.72. The SMILES string of the molecule is C[C@@H](C(N)=O)C1CC1. The molecule has 1 aliphatic carbocycles. The Bertz CT molecular complexity index is 107. The summed E-state index contributed by atoms with van der Waals surface area (Å²) >= 11 is 0. The first kappa shape index (κ1) is 5.60. The summed E-state index contributed by atoms with van der Waals surface area (Å²) in [4.78, 5) is 10.4. The van der Waals surface area contributed by atoms with Crippen LogP contribution in [0.25, 0.3) is 0 Å². The van der Waals surface area contributed by atoms with Crippen LogP contribution in [0.4, 0.5) is 0 Å². The molecule has 0 aromatic carbocycles. The van der Waals surface area contributed by atoms with Crippen molar-refractivity contribution in [1.29, 1.82) is 0 Å². The lowest BCUT2D eigenvalue weighted by Crippen LogP contribution is -2.21. The van der Waals surface area contributed by atoms with Gasteiger partial charge in [0.05, 0.1) is 0 Å². The lowest BCUT2D eigenvalue weighted by Gasteiger charge is -2.00. The van der Waals surface area contributed by atoms with Crippen LogP contribution >= 0.6 is 0 Å². The zero-order valence-corrected chi connectivity index (χ0v) is 5.05. The normalized spacial score (nSPS) is 22.6. The summed E-state index contributed by atoms with van der Waals surface area (Å²) in [6, 6.07) is 0. The van der Waals surface area contributed by atoms with Crippen LogP contribution < -0.4 is 5.73 Å². The molecule has 8 heavy (non-hydrogen) atoms. The zero-order chi connectivity index (χ0) is 6.15. The van der Waals surface area contributed by atoms with Gasteiger partial charge in [0.25, 0.3) is 0 Å². The van der Waals surface area contributed by atoms with Gasteiger partial charge in [-0.25, -0.2) is 0 Å². The van der Waals surface area contributed by atoms with Crippen LogP contribution in [0.3, 0.4) is 0 Å². The van der Waals surface area contributed by atoms with Crippen molar-refractivity contribution in [2.75, 3.05) is 0 Å². The van der Waals surface area contributed by atoms with E-state index in [1.54, 1.807) is 0 Å². The Morgan fingerprint density at radius 2 is 2.25 bits per heavy atom. The first-order valence-electron chi connectivity index (χ1n) is 3.01. The molecule has 1 aliphatic rings. The molecule has 46 valence electrons. The van der Waals surface area contributed by atoms with Crippen LogP contribution in [0.5, 0.6) is 0 Å². The number of amides is 1. The first-order valence-corrected chi connectivity index (χ1v) is 3.01. The predicted octanol–water partition coefficient (Wildman–Crippen LogP) is 0.518. The third-order valence-corrected chi connectivity index (χ3v) is 1.78. The van der Waals surface area contributed by atoms with Crippen LogP contribution in [-0.4, -0.2) is 5.91 Å². The maximum absolute atomic E-state index is 10.4. The summed E-state index contributed by atoms with van der Waals surface area (Å²) in [5, 5.41) is 0. The number of nitrogens with two attached hydrogens (primary N) is 1. The molecule has 0 unspecified atom stereocenters. The van der Waals surface area contributed by atoms with E-state index in [1.807, 2.05) is 6.92 Å². The summed E-state index contributed by atoms with van der Waals surface area (Å²) in [5.74, 6) is 0.593. The van der Waals surface area contributed by atoms with Crippen molar-refractivity contribution in [3.63, 3.8) is 0 Å². The van der Waals surface area contributed by atoms with Crippen molar-refractivity contribution in [3.05, 3.63) is 0 Å². The minimum atomic E-state index is -0.146. The van der Waals surface area contributed by atoms with Crippen molar-refractivity contribution < 1.29 is 4.79 Å². The Hall–Kier alpha value is -0.530. The summed E-state index contributed by atoms with van der Waals surface area (Å²) in [6.45, 7) is 1.90. The van der Waals surface area contributed by atoms with Crippen LogP contribution in [0.2, 0.25) is 0 Å². The van der Waals surface area contributed by atoms with Gasteiger partial charge in [-0.15, -0.1) is 0 Å². The number of carbonyl (C=O) groups excluding carboxylic acids is 1. The Morgan fingerprint density at radius 1 is 1.75 bits per heavy atom. The standard InChI is InChI=1S/C6H11NO/c1-4(6(7)8)5-2-3-5/h4-5H,2-3H2,1H3,(H2,7,8)/t4-/m1/s1. The highest BCUT2D eigenvalue weighted by molar-refractivity contribution is 5.76. The maximum atomic E-state index is 10.4. The highest BCUT2D eigenvalue weighted by Gasteiger charge is 2.30. The Balaban J connectivity index is 2.32. The van der Waals surface area contributed by atoms with E-state index in [0.717, 1.165) is 0 Å². The van der Waals surface area contributed by atoms with Crippen LogP contribution in [0.1, 0.15) is 19.8 Å². The number of primary amides is 1. The molecule has 0 spiro atoms. The van der Waals surface area contributed by atoms with Gasteiger partial charge in [0, 0.05) is 5.92 Å². The largest absolute Gasteiger partial charge is 0.369 e. The number of rotatable bonds is 2. The maximum Gasteiger partial charge on any atom is 0.220 e. The van der Waals surface area contributed by atoms with Crippen LogP contribution in [-0.2, 0) is 4.79 Å². The lowest BCUT2D eigenvalue weighted by atomic mass is 10.1. The van der Waals surface area contributed by atoms with E-state index in [0.29, 0.717) is 5.92 Å². The molecule has 2 nitrogen and oxygen atoms in total. The fraction of sp³-hybridized carbons (Fsp3) is 0.833. The van der Waals surface area contributed by atoms with Crippen molar-refractivity contribution >= 4 is 5.91 Å². The molecule has 0 aliphatic heterocycles.